The Bertz CT molecular complexity index is 780. The van der Waals surface area contributed by atoms with E-state index < -0.39 is 14.1 Å². The topological polar surface area (TPSA) is 46.2 Å². The highest BCUT2D eigenvalue weighted by Crippen LogP contribution is 2.40. The van der Waals surface area contributed by atoms with Crippen LogP contribution in [0.25, 0.3) is 6.08 Å². The summed E-state index contributed by atoms with van der Waals surface area (Å²) in [4.78, 5) is 0. The van der Waals surface area contributed by atoms with E-state index >= 15 is 0 Å². The van der Waals surface area contributed by atoms with Gasteiger partial charge in [-0.15, -0.1) is 0 Å². The number of methoxy groups -OCH3 is 1. The number of benzene rings is 1. The summed E-state index contributed by atoms with van der Waals surface area (Å²) >= 11 is 0. The van der Waals surface area contributed by atoms with Crippen molar-refractivity contribution in [1.29, 1.82) is 0 Å². The van der Waals surface area contributed by atoms with Gasteiger partial charge in [-0.2, -0.15) is 0 Å². The molecule has 0 N–H and O–H groups in total. The minimum absolute atomic E-state index is 0.00174. The SMILES string of the molecule is COc1cccc(/C=C/[C@H]2O[C@@H](C)[C@@H]3OC(C)(C)O[C@@H]32)c1CO[Si](C)(C)C(C)(C)C. The molecule has 0 aliphatic carbocycles. The zero-order valence-electron chi connectivity index (χ0n) is 19.9. The van der Waals surface area contributed by atoms with E-state index in [4.69, 9.17) is 23.4 Å². The molecule has 5 nitrogen and oxygen atoms in total. The first kappa shape index (κ1) is 23.5. The molecule has 0 aromatic heterocycles. The van der Waals surface area contributed by atoms with Crippen molar-refractivity contribution in [1.82, 2.24) is 0 Å². The molecule has 1 aromatic rings. The first-order valence-corrected chi connectivity index (χ1v) is 13.7. The monoisotopic (exact) mass is 434 g/mol. The Kier molecular flexibility index (Phi) is 6.57. The molecule has 2 fully saturated rings. The second-order valence-electron chi connectivity index (χ2n) is 10.3. The maximum atomic E-state index is 6.50. The highest BCUT2D eigenvalue weighted by atomic mass is 28.4. The lowest BCUT2D eigenvalue weighted by Crippen LogP contribution is -2.40. The van der Waals surface area contributed by atoms with Crippen molar-refractivity contribution in [3.63, 3.8) is 0 Å². The molecule has 30 heavy (non-hydrogen) atoms. The number of fused-ring (bicyclic) bond motifs is 1. The zero-order valence-corrected chi connectivity index (χ0v) is 20.9. The van der Waals surface area contributed by atoms with Crippen LogP contribution in [-0.4, -0.2) is 45.6 Å². The van der Waals surface area contributed by atoms with Crippen molar-refractivity contribution >= 4 is 14.4 Å². The van der Waals surface area contributed by atoms with Gasteiger partial charge < -0.3 is 23.4 Å². The van der Waals surface area contributed by atoms with E-state index in [1.807, 2.05) is 32.9 Å². The van der Waals surface area contributed by atoms with Gasteiger partial charge >= 0.3 is 0 Å². The molecule has 0 radical (unpaired) electrons. The van der Waals surface area contributed by atoms with Crippen molar-refractivity contribution in [3.8, 4) is 5.75 Å². The van der Waals surface area contributed by atoms with Gasteiger partial charge in [0.25, 0.3) is 0 Å². The lowest BCUT2D eigenvalue weighted by Gasteiger charge is -2.36. The van der Waals surface area contributed by atoms with Crippen molar-refractivity contribution in [2.75, 3.05) is 7.11 Å². The van der Waals surface area contributed by atoms with Crippen LogP contribution in [0.15, 0.2) is 24.3 Å². The largest absolute Gasteiger partial charge is 0.496 e. The van der Waals surface area contributed by atoms with Gasteiger partial charge in [-0.25, -0.2) is 0 Å². The van der Waals surface area contributed by atoms with Crippen molar-refractivity contribution in [2.45, 2.75) is 96.5 Å². The van der Waals surface area contributed by atoms with E-state index in [9.17, 15) is 0 Å². The molecular formula is C24H38O5Si. The molecule has 4 atom stereocenters. The maximum Gasteiger partial charge on any atom is 0.192 e. The summed E-state index contributed by atoms with van der Waals surface area (Å²) in [6.07, 6.45) is 3.90. The van der Waals surface area contributed by atoms with Crippen LogP contribution >= 0.6 is 0 Å². The average Bonchev–Trinajstić information content (AvgIpc) is 3.11. The summed E-state index contributed by atoms with van der Waals surface area (Å²) < 4.78 is 30.4. The fourth-order valence-electron chi connectivity index (χ4n) is 3.74. The van der Waals surface area contributed by atoms with Crippen molar-refractivity contribution < 1.29 is 23.4 Å². The molecule has 0 bridgehead atoms. The minimum Gasteiger partial charge on any atom is -0.496 e. The molecule has 0 unspecified atom stereocenters. The molecule has 6 heteroatoms. The molecule has 2 heterocycles. The van der Waals surface area contributed by atoms with Crippen LogP contribution in [0, 0.1) is 0 Å². The summed E-state index contributed by atoms with van der Waals surface area (Å²) in [7, 11) is -0.173. The summed E-state index contributed by atoms with van der Waals surface area (Å²) in [5.74, 6) is 0.272. The van der Waals surface area contributed by atoms with Gasteiger partial charge in [0.1, 0.15) is 24.1 Å². The standard InChI is InChI=1S/C24H38O5Si/c1-16-21-22(29-24(5,6)28-21)20(27-16)14-13-17-11-10-12-19(25-7)18(17)15-26-30(8,9)23(2,3)4/h10-14,16,20-22H,15H2,1-9H3/b14-13+/t16-,20+,21-,22+/m0/s1. The van der Waals surface area contributed by atoms with Crippen LogP contribution in [0.2, 0.25) is 18.1 Å². The van der Waals surface area contributed by atoms with E-state index in [1.54, 1.807) is 7.11 Å². The van der Waals surface area contributed by atoms with E-state index in [-0.39, 0.29) is 29.5 Å². The van der Waals surface area contributed by atoms with Crippen LogP contribution < -0.4 is 4.74 Å². The third-order valence-corrected chi connectivity index (χ3v) is 11.0. The Morgan fingerprint density at radius 1 is 1.13 bits per heavy atom. The third-order valence-electron chi connectivity index (χ3n) is 6.56. The van der Waals surface area contributed by atoms with Gasteiger partial charge in [-0.05, 0) is 50.5 Å². The molecule has 0 spiro atoms. The third kappa shape index (κ3) is 4.83. The quantitative estimate of drug-likeness (QED) is 0.550. The first-order valence-electron chi connectivity index (χ1n) is 10.8. The van der Waals surface area contributed by atoms with Crippen LogP contribution in [0.3, 0.4) is 0 Å². The van der Waals surface area contributed by atoms with Crippen LogP contribution in [0.1, 0.15) is 52.7 Å². The predicted octanol–water partition coefficient (Wildman–Crippen LogP) is 5.54. The molecule has 0 amide bonds. The van der Waals surface area contributed by atoms with Gasteiger partial charge in [0.05, 0.1) is 19.8 Å². The Morgan fingerprint density at radius 3 is 2.43 bits per heavy atom. The summed E-state index contributed by atoms with van der Waals surface area (Å²) in [5.41, 5.74) is 2.14. The molecule has 2 aliphatic rings. The van der Waals surface area contributed by atoms with Crippen LogP contribution in [0.4, 0.5) is 0 Å². The summed E-state index contributed by atoms with van der Waals surface area (Å²) in [6, 6.07) is 6.09. The van der Waals surface area contributed by atoms with Crippen LogP contribution in [-0.2, 0) is 25.2 Å². The Hall–Kier alpha value is -1.18. The second-order valence-corrected chi connectivity index (χ2v) is 15.1. The molecule has 2 aliphatic heterocycles. The second kappa shape index (κ2) is 8.39. The highest BCUT2D eigenvalue weighted by molar-refractivity contribution is 6.74. The van der Waals surface area contributed by atoms with Gasteiger partial charge in [-0.1, -0.05) is 45.1 Å². The van der Waals surface area contributed by atoms with Gasteiger partial charge in [0.2, 0.25) is 0 Å². The molecule has 2 saturated heterocycles. The Labute approximate surface area is 182 Å². The number of ether oxygens (including phenoxy) is 4. The molecule has 3 rings (SSSR count). The Balaban J connectivity index is 1.81. The fraction of sp³-hybridized carbons (Fsp3) is 0.667. The average molecular weight is 435 g/mol. The van der Waals surface area contributed by atoms with Crippen molar-refractivity contribution in [2.24, 2.45) is 0 Å². The first-order chi connectivity index (χ1) is 13.8. The zero-order chi connectivity index (χ0) is 22.3. The molecular weight excluding hydrogens is 396 g/mol. The maximum absolute atomic E-state index is 6.50. The summed E-state index contributed by atoms with van der Waals surface area (Å²) in [6.45, 7) is 17.8. The van der Waals surface area contributed by atoms with Gasteiger partial charge in [-0.3, -0.25) is 0 Å². The van der Waals surface area contributed by atoms with E-state index in [1.165, 1.54) is 0 Å². The van der Waals surface area contributed by atoms with E-state index in [0.29, 0.717) is 6.61 Å². The number of hydrogen-bond acceptors (Lipinski definition) is 5. The minimum atomic E-state index is -1.88. The number of hydrogen-bond donors (Lipinski definition) is 0. The van der Waals surface area contributed by atoms with Crippen LogP contribution in [0.5, 0.6) is 5.75 Å². The van der Waals surface area contributed by atoms with E-state index in [0.717, 1.165) is 16.9 Å². The number of rotatable bonds is 6. The van der Waals surface area contributed by atoms with E-state index in [2.05, 4.69) is 52.1 Å². The Morgan fingerprint density at radius 2 is 1.80 bits per heavy atom. The summed E-state index contributed by atoms with van der Waals surface area (Å²) in [5, 5.41) is 0.153. The fourth-order valence-corrected chi connectivity index (χ4v) is 4.68. The lowest BCUT2D eigenvalue weighted by atomic mass is 10.0. The molecule has 0 saturated carbocycles. The highest BCUT2D eigenvalue weighted by Gasteiger charge is 2.52. The molecule has 168 valence electrons. The lowest BCUT2D eigenvalue weighted by molar-refractivity contribution is -0.180. The van der Waals surface area contributed by atoms with Gasteiger partial charge in [0.15, 0.2) is 14.1 Å². The molecule has 1 aromatic carbocycles. The predicted molar refractivity (Wildman–Crippen MR) is 122 cm³/mol. The normalized spacial score (nSPS) is 28.8. The van der Waals surface area contributed by atoms with Crippen molar-refractivity contribution in [3.05, 3.63) is 35.4 Å². The van der Waals surface area contributed by atoms with Gasteiger partial charge in [0, 0.05) is 5.56 Å². The smallest absolute Gasteiger partial charge is 0.192 e.